The average Bonchev–Trinajstić information content (AvgIpc) is 2.70. The molecule has 2 heteroatoms. The van der Waals surface area contributed by atoms with Crippen LogP contribution in [0.2, 0.25) is 0 Å². The fraction of sp³-hybridized carbons (Fsp3) is 0.714. The van der Waals surface area contributed by atoms with Crippen molar-refractivity contribution >= 4 is 11.3 Å². The minimum atomic E-state index is 0.619. The highest BCUT2D eigenvalue weighted by molar-refractivity contribution is 7.09. The first-order chi connectivity index (χ1) is 7.74. The van der Waals surface area contributed by atoms with Gasteiger partial charge >= 0.3 is 0 Å². The van der Waals surface area contributed by atoms with E-state index in [9.17, 15) is 0 Å². The molecule has 0 bridgehead atoms. The molecule has 90 valence electrons. The quantitative estimate of drug-likeness (QED) is 0.839. The molecule has 1 aliphatic rings. The summed E-state index contributed by atoms with van der Waals surface area (Å²) in [6, 6.07) is 5.77. The van der Waals surface area contributed by atoms with Crippen LogP contribution in [0.3, 0.4) is 0 Å². The molecule has 1 N–H and O–H groups in total. The van der Waals surface area contributed by atoms with Crippen LogP contribution in [0.5, 0.6) is 0 Å². The largest absolute Gasteiger partial charge is 0.311 e. The predicted octanol–water partition coefficient (Wildman–Crippen LogP) is 3.85. The molecule has 3 atom stereocenters. The van der Waals surface area contributed by atoms with Crippen LogP contribution < -0.4 is 5.32 Å². The Labute approximate surface area is 103 Å². The van der Waals surface area contributed by atoms with Gasteiger partial charge in [-0.05, 0) is 43.6 Å². The molecule has 2 rings (SSSR count). The minimum Gasteiger partial charge on any atom is -0.311 e. The van der Waals surface area contributed by atoms with E-state index < -0.39 is 0 Å². The molecule has 0 saturated heterocycles. The Morgan fingerprint density at radius 1 is 1.50 bits per heavy atom. The van der Waals surface area contributed by atoms with Crippen LogP contribution in [0.4, 0.5) is 0 Å². The van der Waals surface area contributed by atoms with E-state index in [1.54, 1.807) is 0 Å². The van der Waals surface area contributed by atoms with Crippen LogP contribution in [0.1, 0.15) is 44.4 Å². The van der Waals surface area contributed by atoms with Crippen LogP contribution >= 0.6 is 11.3 Å². The first-order valence-corrected chi connectivity index (χ1v) is 7.40. The molecule has 1 aliphatic carbocycles. The summed E-state index contributed by atoms with van der Waals surface area (Å²) >= 11 is 1.87. The Balaban J connectivity index is 1.76. The van der Waals surface area contributed by atoms with Gasteiger partial charge in [-0.15, -0.1) is 11.3 Å². The highest BCUT2D eigenvalue weighted by Crippen LogP contribution is 2.24. The number of thiophene rings is 1. The Morgan fingerprint density at radius 3 is 3.06 bits per heavy atom. The lowest BCUT2D eigenvalue weighted by Gasteiger charge is -2.30. The van der Waals surface area contributed by atoms with E-state index in [-0.39, 0.29) is 0 Å². The summed E-state index contributed by atoms with van der Waals surface area (Å²) < 4.78 is 0. The molecule has 1 aromatic rings. The zero-order valence-electron chi connectivity index (χ0n) is 10.4. The number of hydrogen-bond acceptors (Lipinski definition) is 2. The summed E-state index contributed by atoms with van der Waals surface area (Å²) in [6.07, 6.45) is 6.76. The molecule has 1 saturated carbocycles. The van der Waals surface area contributed by atoms with Crippen molar-refractivity contribution in [3.05, 3.63) is 22.4 Å². The van der Waals surface area contributed by atoms with Gasteiger partial charge in [0.25, 0.3) is 0 Å². The molecule has 0 aromatic carbocycles. The van der Waals surface area contributed by atoms with E-state index in [1.807, 2.05) is 11.3 Å². The second kappa shape index (κ2) is 5.83. The van der Waals surface area contributed by atoms with Crippen LogP contribution in [-0.2, 0) is 6.42 Å². The molecule has 1 fully saturated rings. The molecule has 1 heterocycles. The second-order valence-electron chi connectivity index (χ2n) is 5.32. The summed E-state index contributed by atoms with van der Waals surface area (Å²) in [5, 5.41) is 5.97. The molecule has 0 amide bonds. The van der Waals surface area contributed by atoms with Crippen molar-refractivity contribution in [1.82, 2.24) is 5.32 Å². The van der Waals surface area contributed by atoms with E-state index in [1.165, 1.54) is 37.0 Å². The number of rotatable bonds is 4. The maximum Gasteiger partial charge on any atom is 0.00896 e. The van der Waals surface area contributed by atoms with Crippen molar-refractivity contribution in [2.24, 2.45) is 5.92 Å². The number of hydrogen-bond donors (Lipinski definition) is 1. The SMILES string of the molecule is CC1CCCC(NC(C)Cc2cccs2)C1. The molecule has 3 unspecified atom stereocenters. The summed E-state index contributed by atoms with van der Waals surface area (Å²) in [4.78, 5) is 1.50. The van der Waals surface area contributed by atoms with Crippen molar-refractivity contribution < 1.29 is 0 Å². The van der Waals surface area contributed by atoms with Gasteiger partial charge in [0.15, 0.2) is 0 Å². The van der Waals surface area contributed by atoms with Crippen molar-refractivity contribution in [3.63, 3.8) is 0 Å². The zero-order chi connectivity index (χ0) is 11.4. The molecule has 0 radical (unpaired) electrons. The lowest BCUT2D eigenvalue weighted by molar-refractivity contribution is 0.284. The lowest BCUT2D eigenvalue weighted by atomic mass is 9.86. The summed E-state index contributed by atoms with van der Waals surface area (Å²) in [5.41, 5.74) is 0. The normalized spacial score (nSPS) is 27.9. The third-order valence-electron chi connectivity index (χ3n) is 3.54. The van der Waals surface area contributed by atoms with E-state index >= 15 is 0 Å². The van der Waals surface area contributed by atoms with E-state index in [0.717, 1.165) is 12.0 Å². The third-order valence-corrected chi connectivity index (χ3v) is 4.44. The standard InChI is InChI=1S/C14H23NS/c1-11-5-3-6-13(9-11)15-12(2)10-14-7-4-8-16-14/h4,7-8,11-13,15H,3,5-6,9-10H2,1-2H3. The van der Waals surface area contributed by atoms with E-state index in [2.05, 4.69) is 36.7 Å². The molecule has 1 aromatic heterocycles. The van der Waals surface area contributed by atoms with Gasteiger partial charge in [0.05, 0.1) is 0 Å². The van der Waals surface area contributed by atoms with Crippen molar-refractivity contribution in [2.45, 2.75) is 58.0 Å². The van der Waals surface area contributed by atoms with Gasteiger partial charge in [0.2, 0.25) is 0 Å². The highest BCUT2D eigenvalue weighted by Gasteiger charge is 2.20. The van der Waals surface area contributed by atoms with E-state index in [4.69, 9.17) is 0 Å². The van der Waals surface area contributed by atoms with Gasteiger partial charge in [0.1, 0.15) is 0 Å². The fourth-order valence-electron chi connectivity index (χ4n) is 2.78. The molecule has 0 aliphatic heterocycles. The predicted molar refractivity (Wildman–Crippen MR) is 72.0 cm³/mol. The molecule has 16 heavy (non-hydrogen) atoms. The van der Waals surface area contributed by atoms with Crippen LogP contribution in [0.15, 0.2) is 17.5 Å². The van der Waals surface area contributed by atoms with Gasteiger partial charge in [-0.25, -0.2) is 0 Å². The van der Waals surface area contributed by atoms with Crippen molar-refractivity contribution in [3.8, 4) is 0 Å². The molecule has 0 spiro atoms. The Bertz CT molecular complexity index is 294. The average molecular weight is 237 g/mol. The van der Waals surface area contributed by atoms with Crippen LogP contribution in [0, 0.1) is 5.92 Å². The first kappa shape index (κ1) is 12.1. The monoisotopic (exact) mass is 237 g/mol. The second-order valence-corrected chi connectivity index (χ2v) is 6.35. The smallest absolute Gasteiger partial charge is 0.00896 e. The zero-order valence-corrected chi connectivity index (χ0v) is 11.2. The third kappa shape index (κ3) is 3.60. The van der Waals surface area contributed by atoms with Crippen molar-refractivity contribution in [2.75, 3.05) is 0 Å². The first-order valence-electron chi connectivity index (χ1n) is 6.52. The maximum atomic E-state index is 3.79. The number of nitrogens with one attached hydrogen (secondary N) is 1. The van der Waals surface area contributed by atoms with Gasteiger partial charge in [0, 0.05) is 17.0 Å². The topological polar surface area (TPSA) is 12.0 Å². The Kier molecular flexibility index (Phi) is 4.42. The fourth-order valence-corrected chi connectivity index (χ4v) is 3.61. The summed E-state index contributed by atoms with van der Waals surface area (Å²) in [7, 11) is 0. The van der Waals surface area contributed by atoms with Crippen LogP contribution in [-0.4, -0.2) is 12.1 Å². The minimum absolute atomic E-state index is 0.619. The highest BCUT2D eigenvalue weighted by atomic mass is 32.1. The van der Waals surface area contributed by atoms with Gasteiger partial charge in [-0.3, -0.25) is 0 Å². The summed E-state index contributed by atoms with van der Waals surface area (Å²) in [6.45, 7) is 4.71. The molecular formula is C14H23NS. The van der Waals surface area contributed by atoms with Crippen LogP contribution in [0.25, 0.3) is 0 Å². The lowest BCUT2D eigenvalue weighted by Crippen LogP contribution is -2.40. The Hall–Kier alpha value is -0.340. The Morgan fingerprint density at radius 2 is 2.38 bits per heavy atom. The molecular weight excluding hydrogens is 214 g/mol. The van der Waals surface area contributed by atoms with E-state index in [0.29, 0.717) is 6.04 Å². The van der Waals surface area contributed by atoms with Gasteiger partial charge in [-0.1, -0.05) is 25.8 Å². The summed E-state index contributed by atoms with van der Waals surface area (Å²) in [5.74, 6) is 0.917. The van der Waals surface area contributed by atoms with Crippen molar-refractivity contribution in [1.29, 1.82) is 0 Å². The van der Waals surface area contributed by atoms with Gasteiger partial charge < -0.3 is 5.32 Å². The molecule has 1 nitrogen and oxygen atoms in total. The maximum absolute atomic E-state index is 3.79. The van der Waals surface area contributed by atoms with Gasteiger partial charge in [-0.2, -0.15) is 0 Å².